The fourth-order valence-corrected chi connectivity index (χ4v) is 3.95. The van der Waals surface area contributed by atoms with E-state index >= 15 is 0 Å². The molecule has 0 aromatic heterocycles. The number of benzene rings is 2. The first-order valence-electron chi connectivity index (χ1n) is 4.62. The maximum Gasteiger partial charge on any atom is 0.239 e. The number of rotatable bonds is 1. The number of alkyl halides is 3. The van der Waals surface area contributed by atoms with Crippen molar-refractivity contribution in [3.8, 4) is 0 Å². The predicted molar refractivity (Wildman–Crippen MR) is 80.6 cm³/mol. The molecule has 2 aromatic carbocycles. The second-order valence-corrected chi connectivity index (χ2v) is 13.9. The molecule has 0 saturated carbocycles. The van der Waals surface area contributed by atoms with Gasteiger partial charge in [-0.15, -0.1) is 0 Å². The molecule has 6 heteroatoms. The van der Waals surface area contributed by atoms with Crippen LogP contribution in [0.15, 0.2) is 47.4 Å². The summed E-state index contributed by atoms with van der Waals surface area (Å²) in [4.78, 5) is 0.252. The zero-order valence-electron chi connectivity index (χ0n) is 8.40. The van der Waals surface area contributed by atoms with Crippen LogP contribution in [0.25, 0.3) is 10.8 Å². The lowest BCUT2D eigenvalue weighted by atomic mass is 10.1. The van der Waals surface area contributed by atoms with Crippen LogP contribution in [0.2, 0.25) is 0 Å². The summed E-state index contributed by atoms with van der Waals surface area (Å²) in [5.41, 5.74) is 0. The molecule has 0 radical (unpaired) electrons. The van der Waals surface area contributed by atoms with Gasteiger partial charge < -0.3 is 0 Å². The van der Waals surface area contributed by atoms with E-state index in [0.717, 1.165) is 10.8 Å². The third-order valence-electron chi connectivity index (χ3n) is 2.34. The third kappa shape index (κ3) is 2.59. The molecular weight excluding hydrogens is 436 g/mol. The number of fused-ring (bicyclic) bond motifs is 1. The van der Waals surface area contributed by atoms with E-state index in [0.29, 0.717) is 0 Å². The fourth-order valence-electron chi connectivity index (χ4n) is 1.47. The van der Waals surface area contributed by atoms with E-state index in [9.17, 15) is 8.42 Å². The van der Waals surface area contributed by atoms with Gasteiger partial charge in [-0.3, -0.25) is 0 Å². The van der Waals surface area contributed by atoms with Crippen molar-refractivity contribution in [3.05, 3.63) is 42.5 Å². The first-order chi connectivity index (χ1) is 7.82. The molecule has 0 saturated heterocycles. The van der Waals surface area contributed by atoms with Gasteiger partial charge in [-0.05, 0) is 70.7 Å². The minimum Gasteiger partial charge on any atom is -0.220 e. The van der Waals surface area contributed by atoms with Crippen molar-refractivity contribution in [1.82, 2.24) is 0 Å². The summed E-state index contributed by atoms with van der Waals surface area (Å²) in [7, 11) is -3.52. The second-order valence-electron chi connectivity index (χ2n) is 3.46. The Morgan fingerprint density at radius 3 is 2.06 bits per heavy atom. The van der Waals surface area contributed by atoms with Crippen LogP contribution in [-0.4, -0.2) is 9.89 Å². The van der Waals surface area contributed by atoms with Gasteiger partial charge in [0, 0.05) is 0 Å². The second kappa shape index (κ2) is 4.64. The minimum atomic E-state index is -3.52. The Labute approximate surface area is 125 Å². The average molecular weight is 443 g/mol. The monoisotopic (exact) mass is 440 g/mol. The lowest BCUT2D eigenvalue weighted by Crippen LogP contribution is -2.17. The van der Waals surface area contributed by atoms with E-state index in [1.807, 2.05) is 24.3 Å². The number of sulfone groups is 1. The van der Waals surface area contributed by atoms with Gasteiger partial charge in [0.05, 0.1) is 4.90 Å². The highest BCUT2D eigenvalue weighted by molar-refractivity contribution is 9.42. The van der Waals surface area contributed by atoms with Crippen molar-refractivity contribution in [2.45, 2.75) is 6.37 Å². The Balaban J connectivity index is 2.66. The Morgan fingerprint density at radius 1 is 0.882 bits per heavy atom. The molecule has 0 bridgehead atoms. The van der Waals surface area contributed by atoms with Crippen LogP contribution in [-0.2, 0) is 9.84 Å². The van der Waals surface area contributed by atoms with Gasteiger partial charge in [0.2, 0.25) is 11.3 Å². The number of halogens is 3. The Bertz CT molecular complexity index is 660. The van der Waals surface area contributed by atoms with Gasteiger partial charge in [0.25, 0.3) is 0 Å². The maximum atomic E-state index is 12.2. The van der Waals surface area contributed by atoms with Crippen LogP contribution in [0.1, 0.15) is 0 Å². The first-order valence-corrected chi connectivity index (χ1v) is 8.49. The van der Waals surface area contributed by atoms with E-state index in [2.05, 4.69) is 47.8 Å². The largest absolute Gasteiger partial charge is 0.239 e. The molecule has 0 N–H and O–H groups in total. The molecule has 17 heavy (non-hydrogen) atoms. The van der Waals surface area contributed by atoms with Gasteiger partial charge in [-0.2, -0.15) is 0 Å². The number of hydrogen-bond acceptors (Lipinski definition) is 2. The predicted octanol–water partition coefficient (Wildman–Crippen LogP) is 4.41. The highest BCUT2D eigenvalue weighted by Crippen LogP contribution is 2.43. The Morgan fingerprint density at radius 2 is 1.47 bits per heavy atom. The van der Waals surface area contributed by atoms with Crippen LogP contribution in [0, 0.1) is 0 Å². The molecule has 2 aromatic rings. The normalized spacial score (nSPS) is 12.9. The first kappa shape index (κ1) is 13.5. The van der Waals surface area contributed by atoms with Crippen molar-refractivity contribution in [2.75, 3.05) is 0 Å². The Hall–Kier alpha value is 0.0900. The van der Waals surface area contributed by atoms with E-state index in [-0.39, 0.29) is 4.90 Å². The van der Waals surface area contributed by atoms with Gasteiger partial charge in [-0.25, -0.2) is 8.42 Å². The van der Waals surface area contributed by atoms with Crippen LogP contribution >= 0.6 is 47.8 Å². The van der Waals surface area contributed by atoms with Crippen LogP contribution in [0.3, 0.4) is 0 Å². The lowest BCUT2D eigenvalue weighted by molar-refractivity contribution is 0.599. The van der Waals surface area contributed by atoms with Crippen molar-refractivity contribution in [3.63, 3.8) is 0 Å². The van der Waals surface area contributed by atoms with E-state index in [4.69, 9.17) is 0 Å². The van der Waals surface area contributed by atoms with Crippen LogP contribution in [0.4, 0.5) is 0 Å². The van der Waals surface area contributed by atoms with Crippen LogP contribution < -0.4 is 0 Å². The molecule has 0 aliphatic heterocycles. The van der Waals surface area contributed by atoms with Crippen LogP contribution in [0.5, 0.6) is 0 Å². The summed E-state index contributed by atoms with van der Waals surface area (Å²) in [6.07, 6.45) is 0. The molecule has 0 heterocycles. The molecule has 90 valence electrons. The summed E-state index contributed by atoms with van der Waals surface area (Å²) < 4.78 is 23.0. The SMILES string of the molecule is O=S(=O)(c1ccc2ccccc2c1)C(Br)(Br)Br. The molecule has 2 nitrogen and oxygen atoms in total. The standard InChI is InChI=1S/C11H7Br3O2S/c12-11(13,14)17(15,16)10-6-5-8-3-1-2-4-9(8)7-10/h1-7H. The highest BCUT2D eigenvalue weighted by Gasteiger charge is 2.37. The van der Waals surface area contributed by atoms with Crippen molar-refractivity contribution in [2.24, 2.45) is 0 Å². The minimum absolute atomic E-state index is 0.252. The van der Waals surface area contributed by atoms with Crippen molar-refractivity contribution >= 4 is 68.4 Å². The molecule has 0 amide bonds. The molecule has 0 fully saturated rings. The quantitative estimate of drug-likeness (QED) is 0.613. The summed E-state index contributed by atoms with van der Waals surface area (Å²) in [5, 5.41) is 1.90. The fraction of sp³-hybridized carbons (Fsp3) is 0.0909. The van der Waals surface area contributed by atoms with Gasteiger partial charge >= 0.3 is 0 Å². The van der Waals surface area contributed by atoms with Gasteiger partial charge in [0.15, 0.2) is 0 Å². The summed E-state index contributed by atoms with van der Waals surface area (Å²) in [6, 6.07) is 12.7. The topological polar surface area (TPSA) is 34.1 Å². The highest BCUT2D eigenvalue weighted by atomic mass is 80.0. The molecular formula is C11H7Br3O2S. The van der Waals surface area contributed by atoms with E-state index < -0.39 is 11.3 Å². The average Bonchev–Trinajstić information content (AvgIpc) is 2.27. The zero-order valence-corrected chi connectivity index (χ0v) is 14.0. The molecule has 0 aliphatic carbocycles. The zero-order chi connectivity index (χ0) is 12.7. The summed E-state index contributed by atoms with van der Waals surface area (Å²) >= 11 is 9.14. The number of hydrogen-bond donors (Lipinski definition) is 0. The van der Waals surface area contributed by atoms with Gasteiger partial charge in [-0.1, -0.05) is 30.3 Å². The summed E-state index contributed by atoms with van der Waals surface area (Å²) in [5.74, 6) is 0. The van der Waals surface area contributed by atoms with Crippen molar-refractivity contribution in [1.29, 1.82) is 0 Å². The molecule has 0 unspecified atom stereocenters. The van der Waals surface area contributed by atoms with Crippen molar-refractivity contribution < 1.29 is 8.42 Å². The van der Waals surface area contributed by atoms with E-state index in [1.54, 1.807) is 18.2 Å². The molecule has 0 aliphatic rings. The molecule has 0 spiro atoms. The molecule has 2 rings (SSSR count). The van der Waals surface area contributed by atoms with Gasteiger partial charge in [0.1, 0.15) is 0 Å². The third-order valence-corrected chi connectivity index (χ3v) is 7.66. The Kier molecular flexibility index (Phi) is 3.69. The maximum absolute atomic E-state index is 12.2. The summed E-state index contributed by atoms with van der Waals surface area (Å²) in [6.45, 7) is 0. The smallest absolute Gasteiger partial charge is 0.220 e. The lowest BCUT2D eigenvalue weighted by Gasteiger charge is -2.13. The molecule has 0 atom stereocenters. The van der Waals surface area contributed by atoms with E-state index in [1.165, 1.54) is 0 Å².